The summed E-state index contributed by atoms with van der Waals surface area (Å²) in [5, 5.41) is 0. The summed E-state index contributed by atoms with van der Waals surface area (Å²) in [6, 6.07) is 14.3. The third-order valence-electron chi connectivity index (χ3n) is 6.98. The molecule has 3 rings (SSSR count). The lowest BCUT2D eigenvalue weighted by Gasteiger charge is -2.32. The van der Waals surface area contributed by atoms with Crippen molar-refractivity contribution in [2.75, 3.05) is 34.7 Å². The van der Waals surface area contributed by atoms with Gasteiger partial charge in [-0.2, -0.15) is 0 Å². The highest BCUT2D eigenvalue weighted by Crippen LogP contribution is 2.36. The van der Waals surface area contributed by atoms with Gasteiger partial charge in [-0.3, -0.25) is 0 Å². The Morgan fingerprint density at radius 2 is 1.78 bits per heavy atom. The highest BCUT2D eigenvalue weighted by atomic mass is 16.7. The van der Waals surface area contributed by atoms with Crippen molar-refractivity contribution in [2.45, 2.75) is 70.9 Å². The number of hydrogen-bond acceptors (Lipinski definition) is 6. The van der Waals surface area contributed by atoms with Crippen molar-refractivity contribution >= 4 is 0 Å². The smallest absolute Gasteiger partial charge is 0.146 e. The molecule has 0 N–H and O–H groups in total. The molecular formula is C31H44O6. The van der Waals surface area contributed by atoms with Gasteiger partial charge in [-0.05, 0) is 60.9 Å². The Labute approximate surface area is 222 Å². The maximum absolute atomic E-state index is 6.86. The maximum Gasteiger partial charge on any atom is 0.146 e. The second-order valence-electron chi connectivity index (χ2n) is 9.61. The number of methoxy groups -OCH3 is 3. The first-order valence-electron chi connectivity index (χ1n) is 13.4. The van der Waals surface area contributed by atoms with Gasteiger partial charge in [0.15, 0.2) is 0 Å². The number of ether oxygens (including phenoxy) is 6. The van der Waals surface area contributed by atoms with Gasteiger partial charge < -0.3 is 28.4 Å². The lowest BCUT2D eigenvalue weighted by atomic mass is 9.92. The highest BCUT2D eigenvalue weighted by molar-refractivity contribution is 5.43. The fourth-order valence-corrected chi connectivity index (χ4v) is 4.83. The second-order valence-corrected chi connectivity index (χ2v) is 9.61. The number of hydrogen-bond donors (Lipinski definition) is 0. The Morgan fingerprint density at radius 1 is 0.973 bits per heavy atom. The molecule has 37 heavy (non-hydrogen) atoms. The van der Waals surface area contributed by atoms with Crippen molar-refractivity contribution in [1.29, 1.82) is 0 Å². The van der Waals surface area contributed by atoms with Crippen LogP contribution in [0.25, 0.3) is 0 Å². The summed E-state index contributed by atoms with van der Waals surface area (Å²) in [5.41, 5.74) is 3.51. The minimum absolute atomic E-state index is 0.0188. The first-order chi connectivity index (χ1) is 18.1. The Kier molecular flexibility index (Phi) is 12.4. The highest BCUT2D eigenvalue weighted by Gasteiger charge is 2.28. The molecule has 1 aliphatic rings. The fraction of sp³-hybridized carbons (Fsp3) is 0.548. The minimum atomic E-state index is -0.0797. The Morgan fingerprint density at radius 3 is 2.49 bits per heavy atom. The summed E-state index contributed by atoms with van der Waals surface area (Å²) >= 11 is 0. The van der Waals surface area contributed by atoms with Crippen LogP contribution in [0.15, 0.2) is 54.6 Å². The van der Waals surface area contributed by atoms with Crippen LogP contribution in [0.5, 0.6) is 11.5 Å². The molecule has 204 valence electrons. The SMILES string of the molecule is CCC1OC(CCOCc2ccc(OC)cc2)CC(OCOC)C(C)C/C=C/Cc2cccc(OC)c21. The second kappa shape index (κ2) is 15.8. The van der Waals surface area contributed by atoms with E-state index in [1.54, 1.807) is 21.3 Å². The van der Waals surface area contributed by atoms with E-state index in [0.29, 0.717) is 19.1 Å². The molecule has 0 aliphatic carbocycles. The van der Waals surface area contributed by atoms with Crippen LogP contribution in [0.1, 0.15) is 62.3 Å². The van der Waals surface area contributed by atoms with E-state index in [1.165, 1.54) is 5.56 Å². The van der Waals surface area contributed by atoms with Crippen LogP contribution in [0, 0.1) is 5.92 Å². The van der Waals surface area contributed by atoms with Crippen molar-refractivity contribution in [2.24, 2.45) is 5.92 Å². The van der Waals surface area contributed by atoms with Crippen LogP contribution in [-0.4, -0.2) is 46.9 Å². The lowest BCUT2D eigenvalue weighted by Crippen LogP contribution is -2.31. The monoisotopic (exact) mass is 512 g/mol. The van der Waals surface area contributed by atoms with Gasteiger partial charge in [0, 0.05) is 25.7 Å². The van der Waals surface area contributed by atoms with E-state index in [-0.39, 0.29) is 25.1 Å². The van der Waals surface area contributed by atoms with E-state index in [2.05, 4.69) is 38.1 Å². The quantitative estimate of drug-likeness (QED) is 0.191. The van der Waals surface area contributed by atoms with E-state index in [0.717, 1.165) is 54.7 Å². The zero-order chi connectivity index (χ0) is 26.5. The summed E-state index contributed by atoms with van der Waals surface area (Å²) in [4.78, 5) is 0. The number of benzene rings is 2. The third kappa shape index (κ3) is 8.85. The molecule has 0 amide bonds. The third-order valence-corrected chi connectivity index (χ3v) is 6.98. The molecule has 0 spiro atoms. The molecule has 1 aliphatic heterocycles. The van der Waals surface area contributed by atoms with Crippen LogP contribution in [-0.2, 0) is 32.0 Å². The molecule has 4 unspecified atom stereocenters. The molecule has 0 bridgehead atoms. The van der Waals surface area contributed by atoms with Gasteiger partial charge >= 0.3 is 0 Å². The average molecular weight is 513 g/mol. The molecule has 0 saturated carbocycles. The normalized spacial score (nSPS) is 23.4. The minimum Gasteiger partial charge on any atom is -0.497 e. The molecule has 6 heteroatoms. The summed E-state index contributed by atoms with van der Waals surface area (Å²) in [6.07, 6.45) is 8.59. The number of rotatable bonds is 11. The van der Waals surface area contributed by atoms with Gasteiger partial charge in [0.2, 0.25) is 0 Å². The van der Waals surface area contributed by atoms with Gasteiger partial charge in [0.05, 0.1) is 39.1 Å². The standard InChI is InChI=1S/C31H44O6/c1-6-28-31-25(12-9-13-29(31)34-5)11-8-7-10-23(2)30(36-22-32-3)20-27(37-28)18-19-35-21-24-14-16-26(33-4)17-15-24/h7-9,12-17,23,27-28,30H,6,10-11,18-22H2,1-5H3/b8-7+. The molecule has 4 atom stereocenters. The van der Waals surface area contributed by atoms with Gasteiger partial charge in [-0.1, -0.05) is 50.3 Å². The van der Waals surface area contributed by atoms with E-state index < -0.39 is 0 Å². The van der Waals surface area contributed by atoms with Gasteiger partial charge in [0.1, 0.15) is 18.3 Å². The van der Waals surface area contributed by atoms with E-state index in [1.807, 2.05) is 30.3 Å². The van der Waals surface area contributed by atoms with E-state index >= 15 is 0 Å². The summed E-state index contributed by atoms with van der Waals surface area (Å²) < 4.78 is 35.4. The predicted molar refractivity (Wildman–Crippen MR) is 146 cm³/mol. The van der Waals surface area contributed by atoms with E-state index in [9.17, 15) is 0 Å². The summed E-state index contributed by atoms with van der Waals surface area (Å²) in [7, 11) is 5.07. The van der Waals surface area contributed by atoms with Crippen molar-refractivity contribution in [3.05, 3.63) is 71.3 Å². The van der Waals surface area contributed by atoms with Gasteiger partial charge in [0.25, 0.3) is 0 Å². The molecule has 2 aromatic carbocycles. The topological polar surface area (TPSA) is 55.4 Å². The predicted octanol–water partition coefficient (Wildman–Crippen LogP) is 6.66. The molecule has 0 fully saturated rings. The molecule has 0 radical (unpaired) electrons. The molecule has 1 heterocycles. The number of fused-ring (bicyclic) bond motifs is 1. The zero-order valence-electron chi connectivity index (χ0n) is 23.1. The first kappa shape index (κ1) is 29.2. The lowest BCUT2D eigenvalue weighted by molar-refractivity contribution is -0.119. The van der Waals surface area contributed by atoms with Gasteiger partial charge in [-0.15, -0.1) is 0 Å². The van der Waals surface area contributed by atoms with Crippen molar-refractivity contribution < 1.29 is 28.4 Å². The molecule has 0 aromatic heterocycles. The maximum atomic E-state index is 6.86. The first-order valence-corrected chi connectivity index (χ1v) is 13.4. The Bertz CT molecular complexity index is 941. The molecule has 6 nitrogen and oxygen atoms in total. The van der Waals surface area contributed by atoms with Crippen molar-refractivity contribution in [1.82, 2.24) is 0 Å². The molecule has 0 saturated heterocycles. The zero-order valence-corrected chi connectivity index (χ0v) is 23.1. The van der Waals surface area contributed by atoms with Crippen LogP contribution < -0.4 is 9.47 Å². The van der Waals surface area contributed by atoms with E-state index in [4.69, 9.17) is 28.4 Å². The summed E-state index contributed by atoms with van der Waals surface area (Å²) in [5.74, 6) is 2.06. The van der Waals surface area contributed by atoms with Crippen LogP contribution in [0.3, 0.4) is 0 Å². The Balaban J connectivity index is 1.78. The van der Waals surface area contributed by atoms with Crippen molar-refractivity contribution in [3.63, 3.8) is 0 Å². The molecule has 2 aromatic rings. The van der Waals surface area contributed by atoms with Crippen LogP contribution in [0.2, 0.25) is 0 Å². The van der Waals surface area contributed by atoms with Gasteiger partial charge in [-0.25, -0.2) is 0 Å². The molecular weight excluding hydrogens is 468 g/mol. The largest absolute Gasteiger partial charge is 0.497 e. The van der Waals surface area contributed by atoms with Crippen LogP contribution in [0.4, 0.5) is 0 Å². The van der Waals surface area contributed by atoms with Crippen molar-refractivity contribution in [3.8, 4) is 11.5 Å². The average Bonchev–Trinajstić information content (AvgIpc) is 2.93. The van der Waals surface area contributed by atoms with Crippen LogP contribution >= 0.6 is 0 Å². The fourth-order valence-electron chi connectivity index (χ4n) is 4.83. The number of allylic oxidation sites excluding steroid dienone is 2. The summed E-state index contributed by atoms with van der Waals surface area (Å²) in [6.45, 7) is 5.82. The Hall–Kier alpha value is -2.38.